The lowest BCUT2D eigenvalue weighted by Gasteiger charge is -2.17. The minimum Gasteiger partial charge on any atom is -0.508 e. The van der Waals surface area contributed by atoms with Crippen molar-refractivity contribution >= 4 is 50.0 Å². The van der Waals surface area contributed by atoms with E-state index in [2.05, 4.69) is 25.3 Å². The van der Waals surface area contributed by atoms with E-state index in [0.29, 0.717) is 28.2 Å². The maximum absolute atomic E-state index is 13.4. The van der Waals surface area contributed by atoms with Crippen molar-refractivity contribution in [3.05, 3.63) is 66.7 Å². The molecule has 0 aliphatic heterocycles. The first kappa shape index (κ1) is 29.2. The summed E-state index contributed by atoms with van der Waals surface area (Å²) >= 11 is 0. The van der Waals surface area contributed by atoms with Gasteiger partial charge in [0.05, 0.1) is 23.0 Å². The third-order valence-electron chi connectivity index (χ3n) is 5.31. The second kappa shape index (κ2) is 11.6. The van der Waals surface area contributed by atoms with Crippen LogP contribution in [0.1, 0.15) is 34.6 Å². The molecule has 0 radical (unpaired) electrons. The predicted octanol–water partition coefficient (Wildman–Crippen LogP) is 5.90. The van der Waals surface area contributed by atoms with Crippen molar-refractivity contribution < 1.29 is 23.1 Å². The number of aromatic nitrogens is 2. The molecule has 3 aromatic carbocycles. The Kier molecular flexibility index (Phi) is 8.65. The summed E-state index contributed by atoms with van der Waals surface area (Å²) in [5.41, 5.74) is 1.57. The third kappa shape index (κ3) is 7.57. The highest BCUT2D eigenvalue weighted by Gasteiger charge is 2.21. The molecule has 0 spiro atoms. The van der Waals surface area contributed by atoms with Crippen LogP contribution in [0.2, 0.25) is 0 Å². The number of benzene rings is 3. The van der Waals surface area contributed by atoms with Crippen molar-refractivity contribution in [3.63, 3.8) is 0 Å². The summed E-state index contributed by atoms with van der Waals surface area (Å²) in [6, 6.07) is 17.5. The number of amides is 1. The number of anilines is 4. The van der Waals surface area contributed by atoms with Crippen LogP contribution in [0, 0.1) is 5.41 Å². The number of hydrogen-bond acceptors (Lipinski definition) is 8. The fourth-order valence-electron chi connectivity index (χ4n) is 3.68. The number of carbonyl (C=O) groups excluding carboxylic acids is 1. The van der Waals surface area contributed by atoms with Gasteiger partial charge in [-0.2, -0.15) is 0 Å². The van der Waals surface area contributed by atoms with Gasteiger partial charge in [0.15, 0.2) is 11.6 Å². The number of phenols is 1. The lowest BCUT2D eigenvalue weighted by atomic mass is 9.92. The number of carbonyl (C=O) groups is 1. The molecule has 0 unspecified atom stereocenters. The van der Waals surface area contributed by atoms with Gasteiger partial charge in [-0.1, -0.05) is 46.4 Å². The highest BCUT2D eigenvalue weighted by Crippen LogP contribution is 2.31. The summed E-state index contributed by atoms with van der Waals surface area (Å²) in [7, 11) is -2.66. The van der Waals surface area contributed by atoms with Crippen LogP contribution >= 0.6 is 0 Å². The Hall–Kier alpha value is -4.38. The van der Waals surface area contributed by atoms with Crippen molar-refractivity contribution in [2.24, 2.45) is 5.41 Å². The molecule has 39 heavy (non-hydrogen) atoms. The summed E-state index contributed by atoms with van der Waals surface area (Å²) in [6.07, 6.45) is 0.282. The monoisotopic (exact) mass is 551 g/mol. The smallest absolute Gasteiger partial charge is 0.263 e. The molecule has 4 aromatic rings. The normalized spacial score (nSPS) is 11.4. The van der Waals surface area contributed by atoms with Crippen molar-refractivity contribution in [2.45, 2.75) is 39.5 Å². The molecule has 1 heterocycles. The molecule has 0 fully saturated rings. The average Bonchev–Trinajstić information content (AvgIpc) is 2.82. The number of para-hydroxylation sites is 2. The Morgan fingerprint density at radius 1 is 0.923 bits per heavy atom. The summed E-state index contributed by atoms with van der Waals surface area (Å²) in [5, 5.41) is 15.8. The molecular weight excluding hydrogens is 518 g/mol. The molecule has 1 aromatic heterocycles. The quantitative estimate of drug-likeness (QED) is 0.212. The van der Waals surface area contributed by atoms with Crippen LogP contribution in [0.5, 0.6) is 11.5 Å². The Morgan fingerprint density at radius 3 is 2.23 bits per heavy atom. The van der Waals surface area contributed by atoms with E-state index >= 15 is 0 Å². The number of nitrogens with one attached hydrogen (secondary N) is 3. The summed E-state index contributed by atoms with van der Waals surface area (Å²) in [6.45, 7) is 5.83. The van der Waals surface area contributed by atoms with E-state index in [0.717, 1.165) is 0 Å². The first-order valence-electron chi connectivity index (χ1n) is 11.8. The molecule has 0 saturated heterocycles. The number of nitrogens with zero attached hydrogens (tertiary/aromatic N) is 2. The average molecular weight is 552 g/mol. The van der Waals surface area contributed by atoms with Crippen molar-refractivity contribution in [1.29, 1.82) is 0 Å². The minimum absolute atomic E-state index is 0. The van der Waals surface area contributed by atoms with Gasteiger partial charge < -0.3 is 20.5 Å². The van der Waals surface area contributed by atoms with E-state index in [9.17, 15) is 18.3 Å². The van der Waals surface area contributed by atoms with Crippen molar-refractivity contribution in [2.75, 3.05) is 22.5 Å². The van der Waals surface area contributed by atoms with Gasteiger partial charge in [0.1, 0.15) is 11.5 Å². The van der Waals surface area contributed by atoms with E-state index in [1.165, 1.54) is 31.4 Å². The molecule has 10 nitrogen and oxygen atoms in total. The molecular formula is C28H33N5O5S. The topological polar surface area (TPSA) is 143 Å². The van der Waals surface area contributed by atoms with Crippen molar-refractivity contribution in [1.82, 2.24) is 9.97 Å². The Morgan fingerprint density at radius 2 is 1.59 bits per heavy atom. The number of aromatic hydroxyl groups is 1. The second-order valence-corrected chi connectivity index (χ2v) is 11.6. The van der Waals surface area contributed by atoms with Crippen LogP contribution < -0.4 is 20.1 Å². The zero-order valence-corrected chi connectivity index (χ0v) is 22.3. The molecule has 0 bridgehead atoms. The van der Waals surface area contributed by atoms with Gasteiger partial charge in [-0.05, 0) is 35.7 Å². The molecule has 0 aliphatic rings. The maximum Gasteiger partial charge on any atom is 0.263 e. The number of sulfonamides is 1. The fourth-order valence-corrected chi connectivity index (χ4v) is 4.74. The van der Waals surface area contributed by atoms with Crippen LogP contribution in [0.3, 0.4) is 0 Å². The number of hydrogen-bond donors (Lipinski definition) is 4. The lowest BCUT2D eigenvalue weighted by Crippen LogP contribution is -2.20. The van der Waals surface area contributed by atoms with E-state index in [1.54, 1.807) is 42.5 Å². The number of methoxy groups -OCH3 is 1. The second-order valence-electron chi connectivity index (χ2n) is 9.87. The van der Waals surface area contributed by atoms with E-state index in [1.807, 2.05) is 20.8 Å². The zero-order valence-electron chi connectivity index (χ0n) is 21.4. The van der Waals surface area contributed by atoms with E-state index in [-0.39, 0.29) is 47.5 Å². The number of phenolic OH excluding ortho intramolecular Hbond substituents is 1. The highest BCUT2D eigenvalue weighted by molar-refractivity contribution is 7.92. The van der Waals surface area contributed by atoms with Gasteiger partial charge in [0.2, 0.25) is 5.91 Å². The maximum atomic E-state index is 13.4. The number of ether oxygens (including phenoxy) is 1. The SMILES string of the molecule is C.COc1cc(O)cc(Nc2nc3ccccc3nc2NS(=O)(=O)c2cccc(NC(=O)CC(C)(C)C)c2)c1. The summed E-state index contributed by atoms with van der Waals surface area (Å²) in [4.78, 5) is 21.3. The van der Waals surface area contributed by atoms with Gasteiger partial charge in [-0.25, -0.2) is 18.4 Å². The molecule has 0 atom stereocenters. The first-order chi connectivity index (χ1) is 17.9. The van der Waals surface area contributed by atoms with Crippen LogP contribution in [0.15, 0.2) is 71.6 Å². The molecule has 4 N–H and O–H groups in total. The fraction of sp³-hybridized carbons (Fsp3) is 0.250. The predicted molar refractivity (Wildman–Crippen MR) is 154 cm³/mol. The highest BCUT2D eigenvalue weighted by atomic mass is 32.2. The van der Waals surface area contributed by atoms with Crippen LogP contribution in [0.4, 0.5) is 23.0 Å². The minimum atomic E-state index is -4.13. The van der Waals surface area contributed by atoms with Gasteiger partial charge in [0, 0.05) is 36.0 Å². The molecule has 1 amide bonds. The van der Waals surface area contributed by atoms with Gasteiger partial charge in [-0.15, -0.1) is 0 Å². The van der Waals surface area contributed by atoms with Crippen molar-refractivity contribution in [3.8, 4) is 11.5 Å². The number of rotatable bonds is 8. The summed E-state index contributed by atoms with van der Waals surface area (Å²) < 4.78 is 34.5. The molecule has 206 valence electrons. The Balaban J connectivity index is 0.00000420. The van der Waals surface area contributed by atoms with Crippen LogP contribution in [-0.4, -0.2) is 36.5 Å². The number of fused-ring (bicyclic) bond motifs is 1. The largest absolute Gasteiger partial charge is 0.508 e. The van der Waals surface area contributed by atoms with Gasteiger partial charge in [0.25, 0.3) is 10.0 Å². The van der Waals surface area contributed by atoms with E-state index in [4.69, 9.17) is 4.74 Å². The molecule has 0 aliphatic carbocycles. The van der Waals surface area contributed by atoms with E-state index < -0.39 is 10.0 Å². The lowest BCUT2D eigenvalue weighted by molar-refractivity contribution is -0.117. The molecule has 4 rings (SSSR count). The first-order valence-corrected chi connectivity index (χ1v) is 13.2. The Bertz CT molecular complexity index is 1600. The molecule has 0 saturated carbocycles. The third-order valence-corrected chi connectivity index (χ3v) is 6.65. The Labute approximate surface area is 228 Å². The van der Waals surface area contributed by atoms with Gasteiger partial charge in [-0.3, -0.25) is 9.52 Å². The zero-order chi connectivity index (χ0) is 27.5. The van der Waals surface area contributed by atoms with Crippen LogP contribution in [-0.2, 0) is 14.8 Å². The molecule has 11 heteroatoms. The van der Waals surface area contributed by atoms with Crippen LogP contribution in [0.25, 0.3) is 11.0 Å². The summed E-state index contributed by atoms with van der Waals surface area (Å²) in [5.74, 6) is 0.206. The standard InChI is InChI=1S/C27H29N5O5S.CH4/c1-27(2,3)16-24(34)28-17-8-7-9-21(14-17)38(35,36)32-26-25(30-22-10-5-6-11-23(22)31-26)29-18-12-19(33)15-20(13-18)37-4;/h5-15,33H,16H2,1-4H3,(H,28,34)(H,29,30)(H,31,32);1H4. The van der Waals surface area contributed by atoms with Gasteiger partial charge >= 0.3 is 0 Å².